The molecule has 0 radical (unpaired) electrons. The molecule has 0 bridgehead atoms. The third-order valence-electron chi connectivity index (χ3n) is 4.48. The highest BCUT2D eigenvalue weighted by Gasteiger charge is 2.26. The molecule has 23 heavy (non-hydrogen) atoms. The Morgan fingerprint density at radius 1 is 0.870 bits per heavy atom. The molecule has 0 amide bonds. The van der Waals surface area contributed by atoms with Gasteiger partial charge in [-0.3, -0.25) is 0 Å². The lowest BCUT2D eigenvalue weighted by Gasteiger charge is -2.19. The summed E-state index contributed by atoms with van der Waals surface area (Å²) in [5.41, 5.74) is 5.11. The van der Waals surface area contributed by atoms with Crippen molar-refractivity contribution in [1.82, 2.24) is 4.98 Å². The van der Waals surface area contributed by atoms with Crippen LogP contribution in [0.25, 0.3) is 22.1 Å². The zero-order chi connectivity index (χ0) is 15.4. The average molecular weight is 301 g/mol. The van der Waals surface area contributed by atoms with Crippen molar-refractivity contribution in [3.8, 4) is 0 Å². The molecule has 0 saturated carbocycles. The smallest absolute Gasteiger partial charge is 0.227 e. The Morgan fingerprint density at radius 2 is 1.65 bits per heavy atom. The minimum atomic E-state index is 0.691. The maximum atomic E-state index is 6.07. The van der Waals surface area contributed by atoms with E-state index in [9.17, 15) is 0 Å². The summed E-state index contributed by atoms with van der Waals surface area (Å²) in [6.45, 7) is 0.808. The van der Waals surface area contributed by atoms with Gasteiger partial charge in [0.1, 0.15) is 0 Å². The maximum Gasteiger partial charge on any atom is 0.227 e. The molecule has 0 unspecified atom stereocenters. The van der Waals surface area contributed by atoms with Crippen molar-refractivity contribution in [3.63, 3.8) is 0 Å². The van der Waals surface area contributed by atoms with Crippen LogP contribution in [0.1, 0.15) is 0 Å². The normalized spacial score (nSPS) is 14.0. The SMILES string of the molecule is CN1CN(c2cccc3c2oc2ncccc23)c2ccccc21. The summed E-state index contributed by atoms with van der Waals surface area (Å²) in [7, 11) is 2.11. The van der Waals surface area contributed by atoms with Crippen LogP contribution >= 0.6 is 0 Å². The minimum absolute atomic E-state index is 0.691. The predicted octanol–water partition coefficient (Wildman–Crippen LogP) is 4.53. The third-order valence-corrected chi connectivity index (χ3v) is 4.48. The molecule has 3 heterocycles. The van der Waals surface area contributed by atoms with Gasteiger partial charge >= 0.3 is 0 Å². The van der Waals surface area contributed by atoms with E-state index in [0.717, 1.165) is 28.7 Å². The predicted molar refractivity (Wildman–Crippen MR) is 93.4 cm³/mol. The van der Waals surface area contributed by atoms with E-state index >= 15 is 0 Å². The number of pyridine rings is 1. The summed E-state index contributed by atoms with van der Waals surface area (Å²) in [6.07, 6.45) is 1.77. The first-order valence-corrected chi connectivity index (χ1v) is 7.67. The van der Waals surface area contributed by atoms with Crippen LogP contribution in [0, 0.1) is 0 Å². The average Bonchev–Trinajstić information content (AvgIpc) is 3.13. The van der Waals surface area contributed by atoms with Crippen LogP contribution < -0.4 is 9.80 Å². The van der Waals surface area contributed by atoms with Crippen molar-refractivity contribution < 1.29 is 4.42 Å². The molecule has 0 spiro atoms. The van der Waals surface area contributed by atoms with Crippen molar-refractivity contribution in [2.75, 3.05) is 23.5 Å². The second kappa shape index (κ2) is 4.49. The molecule has 4 nitrogen and oxygen atoms in total. The minimum Gasteiger partial charge on any atom is -0.436 e. The van der Waals surface area contributed by atoms with Gasteiger partial charge in [0, 0.05) is 24.0 Å². The largest absolute Gasteiger partial charge is 0.436 e. The van der Waals surface area contributed by atoms with E-state index in [2.05, 4.69) is 70.4 Å². The lowest BCUT2D eigenvalue weighted by molar-refractivity contribution is 0.653. The van der Waals surface area contributed by atoms with E-state index in [0.29, 0.717) is 5.71 Å². The molecule has 0 N–H and O–H groups in total. The molecule has 5 rings (SSSR count). The third kappa shape index (κ3) is 1.69. The molecule has 0 atom stereocenters. The molecule has 1 aliphatic heterocycles. The van der Waals surface area contributed by atoms with E-state index in [1.54, 1.807) is 6.20 Å². The molecule has 112 valence electrons. The van der Waals surface area contributed by atoms with Crippen LogP contribution in [0.5, 0.6) is 0 Å². The van der Waals surface area contributed by atoms with E-state index in [1.807, 2.05) is 6.07 Å². The lowest BCUT2D eigenvalue weighted by atomic mass is 10.1. The quantitative estimate of drug-likeness (QED) is 0.517. The van der Waals surface area contributed by atoms with Crippen molar-refractivity contribution in [1.29, 1.82) is 0 Å². The molecule has 1 aliphatic rings. The topological polar surface area (TPSA) is 32.5 Å². The number of hydrogen-bond acceptors (Lipinski definition) is 4. The van der Waals surface area contributed by atoms with Crippen LogP contribution in [-0.2, 0) is 0 Å². The van der Waals surface area contributed by atoms with Crippen molar-refractivity contribution in [2.24, 2.45) is 0 Å². The fourth-order valence-electron chi connectivity index (χ4n) is 3.42. The summed E-state index contributed by atoms with van der Waals surface area (Å²) in [6, 6.07) is 18.7. The van der Waals surface area contributed by atoms with Gasteiger partial charge in [-0.1, -0.05) is 24.3 Å². The highest BCUT2D eigenvalue weighted by atomic mass is 16.3. The molecule has 0 fully saturated rings. The number of hydrogen-bond donors (Lipinski definition) is 0. The first-order chi connectivity index (χ1) is 11.3. The molecule has 2 aromatic carbocycles. The zero-order valence-electron chi connectivity index (χ0n) is 12.7. The Kier molecular flexibility index (Phi) is 2.45. The van der Waals surface area contributed by atoms with Gasteiger partial charge in [-0.25, -0.2) is 4.98 Å². The zero-order valence-corrected chi connectivity index (χ0v) is 12.7. The lowest BCUT2D eigenvalue weighted by Crippen LogP contribution is -2.24. The Bertz CT molecular complexity index is 1040. The second-order valence-electron chi connectivity index (χ2n) is 5.87. The molecular formula is C19H15N3O. The highest BCUT2D eigenvalue weighted by Crippen LogP contribution is 2.43. The van der Waals surface area contributed by atoms with E-state index in [1.165, 1.54) is 11.4 Å². The second-order valence-corrected chi connectivity index (χ2v) is 5.87. The molecule has 4 heteroatoms. The van der Waals surface area contributed by atoms with Gasteiger partial charge in [0.25, 0.3) is 0 Å². The summed E-state index contributed by atoms with van der Waals surface area (Å²) in [5.74, 6) is 0. The van der Waals surface area contributed by atoms with Crippen LogP contribution in [-0.4, -0.2) is 18.7 Å². The number of nitrogens with zero attached hydrogens (tertiary/aromatic N) is 3. The first kappa shape index (κ1) is 12.5. The van der Waals surface area contributed by atoms with Gasteiger partial charge < -0.3 is 14.2 Å². The number of rotatable bonds is 1. The number of aromatic nitrogens is 1. The Hall–Kier alpha value is -3.01. The van der Waals surface area contributed by atoms with Gasteiger partial charge in [0.15, 0.2) is 5.58 Å². The maximum absolute atomic E-state index is 6.07. The Morgan fingerprint density at radius 3 is 2.57 bits per heavy atom. The Balaban J connectivity index is 1.79. The molecule has 2 aromatic heterocycles. The van der Waals surface area contributed by atoms with E-state index in [4.69, 9.17) is 4.42 Å². The highest BCUT2D eigenvalue weighted by molar-refractivity contribution is 6.09. The molecule has 4 aromatic rings. The van der Waals surface area contributed by atoms with Crippen molar-refractivity contribution >= 4 is 39.1 Å². The number of anilines is 3. The molecule has 0 saturated heterocycles. The molecular weight excluding hydrogens is 286 g/mol. The van der Waals surface area contributed by atoms with Gasteiger partial charge in [-0.2, -0.15) is 0 Å². The fraction of sp³-hybridized carbons (Fsp3) is 0.105. The summed E-state index contributed by atoms with van der Waals surface area (Å²) in [4.78, 5) is 8.89. The van der Waals surface area contributed by atoms with Crippen LogP contribution in [0.15, 0.2) is 65.2 Å². The fourth-order valence-corrected chi connectivity index (χ4v) is 3.42. The number of furan rings is 1. The van der Waals surface area contributed by atoms with Crippen LogP contribution in [0.2, 0.25) is 0 Å². The number of benzene rings is 2. The monoisotopic (exact) mass is 301 g/mol. The van der Waals surface area contributed by atoms with Crippen molar-refractivity contribution in [3.05, 3.63) is 60.8 Å². The van der Waals surface area contributed by atoms with Gasteiger partial charge in [0.2, 0.25) is 5.71 Å². The summed E-state index contributed by atoms with van der Waals surface area (Å²) in [5, 5.41) is 2.17. The summed E-state index contributed by atoms with van der Waals surface area (Å²) < 4.78 is 6.07. The van der Waals surface area contributed by atoms with Gasteiger partial charge in [-0.15, -0.1) is 0 Å². The van der Waals surface area contributed by atoms with Crippen molar-refractivity contribution in [2.45, 2.75) is 0 Å². The van der Waals surface area contributed by atoms with E-state index in [-0.39, 0.29) is 0 Å². The first-order valence-electron chi connectivity index (χ1n) is 7.67. The van der Waals surface area contributed by atoms with Crippen LogP contribution in [0.3, 0.4) is 0 Å². The number of para-hydroxylation sites is 3. The number of fused-ring (bicyclic) bond motifs is 4. The standard InChI is InChI=1S/C19H15N3O/c1-21-12-22(16-9-3-2-8-15(16)21)17-10-4-6-13-14-7-5-11-20-19(14)23-18(13)17/h2-11H,12H2,1H3. The van der Waals surface area contributed by atoms with E-state index < -0.39 is 0 Å². The molecule has 0 aliphatic carbocycles. The van der Waals surface area contributed by atoms with Gasteiger partial charge in [0.05, 0.1) is 23.7 Å². The Labute approximate surface area is 133 Å². The van der Waals surface area contributed by atoms with Crippen LogP contribution in [0.4, 0.5) is 17.1 Å². The summed E-state index contributed by atoms with van der Waals surface area (Å²) >= 11 is 0. The van der Waals surface area contributed by atoms with Gasteiger partial charge in [-0.05, 0) is 30.3 Å².